The fraction of sp³-hybridized carbons (Fsp3) is 0.429. The van der Waals surface area contributed by atoms with Gasteiger partial charge in [0.1, 0.15) is 24.5 Å². The first-order valence-electron chi connectivity index (χ1n) is 16.0. The van der Waals surface area contributed by atoms with Crippen LogP contribution in [-0.4, -0.2) is 84.7 Å². The van der Waals surface area contributed by atoms with Crippen LogP contribution in [0.15, 0.2) is 82.6 Å². The average Bonchev–Trinajstić information content (AvgIpc) is 3.06. The summed E-state index contributed by atoms with van der Waals surface area (Å²) in [6.07, 6.45) is 1.31. The molecule has 1 heterocycles. The van der Waals surface area contributed by atoms with Crippen LogP contribution in [0, 0.1) is 6.92 Å². The molecule has 12 nitrogen and oxygen atoms in total. The van der Waals surface area contributed by atoms with E-state index in [1.54, 1.807) is 32.9 Å². The van der Waals surface area contributed by atoms with Crippen LogP contribution in [0.25, 0.3) is 0 Å². The van der Waals surface area contributed by atoms with Crippen molar-refractivity contribution in [2.45, 2.75) is 61.8 Å². The highest BCUT2D eigenvalue weighted by molar-refractivity contribution is 7.89. The van der Waals surface area contributed by atoms with Gasteiger partial charge in [0.15, 0.2) is 0 Å². The summed E-state index contributed by atoms with van der Waals surface area (Å²) in [5.74, 6) is -0.219. The van der Waals surface area contributed by atoms with E-state index in [9.17, 15) is 26.4 Å². The lowest BCUT2D eigenvalue weighted by Crippen LogP contribution is -2.38. The third-order valence-corrected chi connectivity index (χ3v) is 10.9. The smallest absolute Gasteiger partial charge is 0.325 e. The summed E-state index contributed by atoms with van der Waals surface area (Å²) in [6, 6.07) is 19.7. The van der Waals surface area contributed by atoms with Crippen LogP contribution in [0.5, 0.6) is 5.75 Å². The molecule has 1 N–H and O–H groups in total. The molecule has 3 aromatic carbocycles. The van der Waals surface area contributed by atoms with E-state index in [0.29, 0.717) is 31.7 Å². The molecule has 0 aromatic heterocycles. The highest BCUT2D eigenvalue weighted by Crippen LogP contribution is 2.31. The van der Waals surface area contributed by atoms with Crippen LogP contribution in [-0.2, 0) is 38.6 Å². The van der Waals surface area contributed by atoms with Gasteiger partial charge in [-0.1, -0.05) is 29.8 Å². The van der Waals surface area contributed by atoms with Crippen LogP contribution >= 0.6 is 0 Å². The molecule has 1 aliphatic rings. The minimum atomic E-state index is -3.83. The minimum absolute atomic E-state index is 0.0972. The van der Waals surface area contributed by atoms with E-state index in [1.807, 2.05) is 31.2 Å². The third kappa shape index (κ3) is 11.4. The topological polar surface area (TPSA) is 155 Å². The summed E-state index contributed by atoms with van der Waals surface area (Å²) in [6.45, 7) is 8.02. The summed E-state index contributed by atoms with van der Waals surface area (Å²) in [5, 5.41) is 2.49. The van der Waals surface area contributed by atoms with Gasteiger partial charge in [-0.05, 0) is 101 Å². The molecule has 0 saturated carbocycles. The normalized spacial score (nSPS) is 14.7. The lowest BCUT2D eigenvalue weighted by atomic mass is 9.90. The molecule has 0 spiro atoms. The van der Waals surface area contributed by atoms with Crippen molar-refractivity contribution in [2.75, 3.05) is 46.1 Å². The second-order valence-corrected chi connectivity index (χ2v) is 16.1. The number of hydrogen-bond acceptors (Lipinski definition) is 10. The summed E-state index contributed by atoms with van der Waals surface area (Å²) in [4.78, 5) is 24.5. The Morgan fingerprint density at radius 3 is 2.00 bits per heavy atom. The number of rotatable bonds is 15. The Bertz CT molecular complexity index is 1760. The predicted molar refractivity (Wildman–Crippen MR) is 182 cm³/mol. The molecule has 0 radical (unpaired) electrons. The van der Waals surface area contributed by atoms with Gasteiger partial charge in [0, 0.05) is 18.7 Å². The van der Waals surface area contributed by atoms with Gasteiger partial charge in [-0.15, -0.1) is 0 Å². The molecule has 49 heavy (non-hydrogen) atoms. The maximum absolute atomic E-state index is 13.3. The lowest BCUT2D eigenvalue weighted by molar-refractivity contribution is -0.153. The van der Waals surface area contributed by atoms with E-state index in [0.717, 1.165) is 11.1 Å². The first kappa shape index (κ1) is 38.0. The van der Waals surface area contributed by atoms with E-state index >= 15 is 0 Å². The van der Waals surface area contributed by atoms with Gasteiger partial charge in [-0.25, -0.2) is 8.42 Å². The number of nitrogens with one attached hydrogen (secondary N) is 1. The second kappa shape index (κ2) is 16.7. The number of benzene rings is 3. The molecular weight excluding hydrogens is 673 g/mol. The van der Waals surface area contributed by atoms with Crippen molar-refractivity contribution in [3.8, 4) is 5.75 Å². The molecule has 3 aromatic rings. The first-order chi connectivity index (χ1) is 23.1. The van der Waals surface area contributed by atoms with Crippen LogP contribution in [0.4, 0.5) is 0 Å². The molecular formula is C35H44N2O10S2. The lowest BCUT2D eigenvalue weighted by Gasteiger charge is -2.31. The highest BCUT2D eigenvalue weighted by Gasteiger charge is 2.30. The Balaban J connectivity index is 1.16. The van der Waals surface area contributed by atoms with Crippen LogP contribution in [0.2, 0.25) is 0 Å². The van der Waals surface area contributed by atoms with Gasteiger partial charge in [-0.3, -0.25) is 13.8 Å². The molecule has 0 aliphatic carbocycles. The molecule has 1 amide bonds. The van der Waals surface area contributed by atoms with E-state index < -0.39 is 37.6 Å². The summed E-state index contributed by atoms with van der Waals surface area (Å²) in [5.41, 5.74) is 1.62. The van der Waals surface area contributed by atoms with Gasteiger partial charge < -0.3 is 19.5 Å². The quantitative estimate of drug-likeness (QED) is 0.136. The molecule has 1 saturated heterocycles. The Kier molecular flexibility index (Phi) is 13.0. The number of amides is 1. The number of piperidine rings is 1. The number of esters is 1. The van der Waals surface area contributed by atoms with Crippen LogP contribution in [0.1, 0.15) is 61.0 Å². The summed E-state index contributed by atoms with van der Waals surface area (Å²) < 4.78 is 73.9. The van der Waals surface area contributed by atoms with E-state index in [4.69, 9.17) is 18.4 Å². The number of aryl methyl sites for hydroxylation is 1. The standard InChI is InChI=1S/C35H44N2O10S2/c1-26-5-13-32(14-6-26)49(42,43)46-24-22-44-21-23-45-30-11-7-27(8-12-30)28-17-19-37(20-18-28)48(40,41)31-15-9-29(10-16-31)34(39)36-25-33(38)47-35(2,3)4/h5-16,28H,17-25H2,1-4H3,(H,36,39). The van der Waals surface area contributed by atoms with Crippen molar-refractivity contribution in [1.29, 1.82) is 0 Å². The van der Waals surface area contributed by atoms with Crippen LogP contribution in [0.3, 0.4) is 0 Å². The zero-order valence-corrected chi connectivity index (χ0v) is 29.8. The SMILES string of the molecule is Cc1ccc(S(=O)(=O)OCCOCCOc2ccc(C3CCN(S(=O)(=O)c4ccc(C(=O)NCC(=O)OC(C)(C)C)cc4)CC3)cc2)cc1. The zero-order chi connectivity index (χ0) is 35.7. The van der Waals surface area contributed by atoms with Crippen molar-refractivity contribution < 1.29 is 44.8 Å². The Morgan fingerprint density at radius 2 is 1.39 bits per heavy atom. The summed E-state index contributed by atoms with van der Waals surface area (Å²) >= 11 is 0. The molecule has 14 heteroatoms. The van der Waals surface area contributed by atoms with Crippen molar-refractivity contribution in [3.63, 3.8) is 0 Å². The van der Waals surface area contributed by atoms with Crippen molar-refractivity contribution in [1.82, 2.24) is 9.62 Å². The van der Waals surface area contributed by atoms with Crippen LogP contribution < -0.4 is 10.1 Å². The fourth-order valence-corrected chi connectivity index (χ4v) is 7.48. The monoisotopic (exact) mass is 716 g/mol. The molecule has 0 bridgehead atoms. The number of sulfonamides is 1. The summed E-state index contributed by atoms with van der Waals surface area (Å²) in [7, 11) is -7.57. The van der Waals surface area contributed by atoms with Gasteiger partial charge in [0.2, 0.25) is 10.0 Å². The largest absolute Gasteiger partial charge is 0.491 e. The molecule has 4 rings (SSSR count). The molecule has 0 unspecified atom stereocenters. The van der Waals surface area contributed by atoms with Gasteiger partial charge in [-0.2, -0.15) is 12.7 Å². The van der Waals surface area contributed by atoms with Gasteiger partial charge >= 0.3 is 5.97 Å². The maximum Gasteiger partial charge on any atom is 0.325 e. The Labute approximate surface area is 288 Å². The second-order valence-electron chi connectivity index (χ2n) is 12.6. The maximum atomic E-state index is 13.3. The van der Waals surface area contributed by atoms with Gasteiger partial charge in [0.25, 0.3) is 16.0 Å². The number of nitrogens with zero attached hydrogens (tertiary/aromatic N) is 1. The Hall–Kier alpha value is -3.82. The number of carbonyl (C=O) groups excluding carboxylic acids is 2. The van der Waals surface area contributed by atoms with E-state index in [2.05, 4.69) is 5.32 Å². The predicted octanol–water partition coefficient (Wildman–Crippen LogP) is 4.44. The van der Waals surface area contributed by atoms with Crippen molar-refractivity contribution in [2.24, 2.45) is 0 Å². The number of carbonyl (C=O) groups is 2. The average molecular weight is 717 g/mol. The minimum Gasteiger partial charge on any atom is -0.491 e. The molecule has 1 fully saturated rings. The number of ether oxygens (including phenoxy) is 3. The molecule has 1 aliphatic heterocycles. The fourth-order valence-electron chi connectivity index (χ4n) is 5.12. The highest BCUT2D eigenvalue weighted by atomic mass is 32.2. The van der Waals surface area contributed by atoms with E-state index in [-0.39, 0.29) is 54.2 Å². The zero-order valence-electron chi connectivity index (χ0n) is 28.2. The number of hydrogen-bond donors (Lipinski definition) is 1. The van der Waals surface area contributed by atoms with Crippen molar-refractivity contribution in [3.05, 3.63) is 89.5 Å². The third-order valence-electron chi connectivity index (χ3n) is 7.65. The molecule has 266 valence electrons. The van der Waals surface area contributed by atoms with E-state index in [1.165, 1.54) is 40.7 Å². The Morgan fingerprint density at radius 1 is 0.796 bits per heavy atom. The van der Waals surface area contributed by atoms with Crippen molar-refractivity contribution >= 4 is 32.0 Å². The first-order valence-corrected chi connectivity index (χ1v) is 18.9. The molecule has 0 atom stereocenters. The van der Waals surface area contributed by atoms with Gasteiger partial charge in [0.05, 0.1) is 29.6 Å².